The second kappa shape index (κ2) is 10.8. The van der Waals surface area contributed by atoms with E-state index < -0.39 is 0 Å². The molecule has 182 valence electrons. The molecule has 1 aromatic carbocycles. The number of rotatable bonds is 6. The van der Waals surface area contributed by atoms with E-state index >= 15 is 0 Å². The molecule has 0 radical (unpaired) electrons. The lowest BCUT2D eigenvalue weighted by atomic mass is 10.0. The monoisotopic (exact) mass is 479 g/mol. The van der Waals surface area contributed by atoms with Crippen LogP contribution in [0.15, 0.2) is 30.3 Å². The molecule has 0 amide bonds. The third kappa shape index (κ3) is 5.54. The van der Waals surface area contributed by atoms with Crippen LogP contribution in [-0.4, -0.2) is 53.8 Å². The molecule has 0 bridgehead atoms. The standard InChI is InChI=1S/C26H37N7S/c1-20-8-2-3-17-33(20)24-18-23(32-15-6-7-16-32)28-25(29-24)30-26(34)27-19-21-9-11-22(12-10-21)31-13-4-5-14-31/h9-12,18,20H,2-8,13-17,19H2,1H3,(H2,27,28,29,30,34). The summed E-state index contributed by atoms with van der Waals surface area (Å²) in [5.41, 5.74) is 2.52. The van der Waals surface area contributed by atoms with E-state index in [0.29, 0.717) is 23.6 Å². The van der Waals surface area contributed by atoms with Crippen LogP contribution < -0.4 is 25.3 Å². The van der Waals surface area contributed by atoms with E-state index in [1.54, 1.807) is 0 Å². The Labute approximate surface area is 208 Å². The van der Waals surface area contributed by atoms with Gasteiger partial charge in [-0.1, -0.05) is 12.1 Å². The molecule has 3 aliphatic rings. The molecule has 2 N–H and O–H groups in total. The molecule has 34 heavy (non-hydrogen) atoms. The molecule has 7 nitrogen and oxygen atoms in total. The van der Waals surface area contributed by atoms with Gasteiger partial charge in [0.25, 0.3) is 0 Å². The topological polar surface area (TPSA) is 59.6 Å². The highest BCUT2D eigenvalue weighted by molar-refractivity contribution is 7.80. The first-order chi connectivity index (χ1) is 16.7. The Morgan fingerprint density at radius 3 is 2.24 bits per heavy atom. The second-order valence-corrected chi connectivity index (χ2v) is 10.2. The van der Waals surface area contributed by atoms with Crippen molar-refractivity contribution in [3.8, 4) is 0 Å². The number of hydrogen-bond acceptors (Lipinski definition) is 6. The molecule has 3 fully saturated rings. The largest absolute Gasteiger partial charge is 0.372 e. The lowest BCUT2D eigenvalue weighted by Gasteiger charge is -2.35. The third-order valence-electron chi connectivity index (χ3n) is 7.31. The maximum Gasteiger partial charge on any atom is 0.232 e. The van der Waals surface area contributed by atoms with Gasteiger partial charge in [0.1, 0.15) is 11.6 Å². The Bertz CT molecular complexity index is 968. The van der Waals surface area contributed by atoms with Crippen molar-refractivity contribution < 1.29 is 0 Å². The Kier molecular flexibility index (Phi) is 7.33. The van der Waals surface area contributed by atoms with Crippen LogP contribution in [0.4, 0.5) is 23.3 Å². The van der Waals surface area contributed by atoms with Crippen LogP contribution in [0.25, 0.3) is 0 Å². The van der Waals surface area contributed by atoms with E-state index in [9.17, 15) is 0 Å². The minimum absolute atomic E-state index is 0.497. The van der Waals surface area contributed by atoms with Crippen molar-refractivity contribution >= 4 is 40.6 Å². The van der Waals surface area contributed by atoms with Crippen molar-refractivity contribution in [2.75, 3.05) is 52.7 Å². The molecule has 4 heterocycles. The Morgan fingerprint density at radius 1 is 0.882 bits per heavy atom. The minimum Gasteiger partial charge on any atom is -0.372 e. The van der Waals surface area contributed by atoms with Gasteiger partial charge in [-0.3, -0.25) is 0 Å². The molecule has 0 saturated carbocycles. The molecular formula is C26H37N7S. The van der Waals surface area contributed by atoms with E-state index in [-0.39, 0.29) is 0 Å². The fraction of sp³-hybridized carbons (Fsp3) is 0.577. The predicted octanol–water partition coefficient (Wildman–Crippen LogP) is 4.54. The van der Waals surface area contributed by atoms with Crippen LogP contribution in [0.3, 0.4) is 0 Å². The van der Waals surface area contributed by atoms with Crippen molar-refractivity contribution in [1.82, 2.24) is 15.3 Å². The smallest absolute Gasteiger partial charge is 0.232 e. The average Bonchev–Trinajstić information content (AvgIpc) is 3.58. The van der Waals surface area contributed by atoms with Gasteiger partial charge in [0.2, 0.25) is 5.95 Å². The lowest BCUT2D eigenvalue weighted by Crippen LogP contribution is -2.38. The predicted molar refractivity (Wildman–Crippen MR) is 145 cm³/mol. The van der Waals surface area contributed by atoms with E-state index in [0.717, 1.165) is 31.3 Å². The summed E-state index contributed by atoms with van der Waals surface area (Å²) in [5, 5.41) is 7.15. The Balaban J connectivity index is 1.24. The number of aromatic nitrogens is 2. The highest BCUT2D eigenvalue weighted by Gasteiger charge is 2.23. The Hall–Kier alpha value is -2.61. The molecule has 2 aromatic rings. The fourth-order valence-corrected chi connectivity index (χ4v) is 5.46. The van der Waals surface area contributed by atoms with E-state index in [1.165, 1.54) is 69.3 Å². The summed E-state index contributed by atoms with van der Waals surface area (Å²) in [4.78, 5) is 16.9. The van der Waals surface area contributed by atoms with E-state index in [2.05, 4.69) is 62.6 Å². The van der Waals surface area contributed by atoms with Crippen molar-refractivity contribution in [1.29, 1.82) is 0 Å². The van der Waals surface area contributed by atoms with Crippen molar-refractivity contribution in [3.63, 3.8) is 0 Å². The van der Waals surface area contributed by atoms with Gasteiger partial charge in [-0.05, 0) is 81.8 Å². The summed E-state index contributed by atoms with van der Waals surface area (Å²) in [6, 6.07) is 11.5. The number of anilines is 4. The summed E-state index contributed by atoms with van der Waals surface area (Å²) in [6.07, 6.45) is 8.75. The van der Waals surface area contributed by atoms with Crippen molar-refractivity contribution in [2.45, 2.75) is 64.5 Å². The molecule has 1 atom stereocenters. The number of nitrogens with zero attached hydrogens (tertiary/aromatic N) is 5. The number of piperidine rings is 1. The molecule has 1 aromatic heterocycles. The lowest BCUT2D eigenvalue weighted by molar-refractivity contribution is 0.481. The van der Waals surface area contributed by atoms with Crippen LogP contribution >= 0.6 is 12.2 Å². The zero-order chi connectivity index (χ0) is 23.3. The van der Waals surface area contributed by atoms with E-state index in [4.69, 9.17) is 22.2 Å². The Morgan fingerprint density at radius 2 is 1.53 bits per heavy atom. The van der Waals surface area contributed by atoms with Gasteiger partial charge in [0, 0.05) is 57.1 Å². The van der Waals surface area contributed by atoms with Crippen LogP contribution in [0, 0.1) is 0 Å². The maximum atomic E-state index is 5.61. The van der Waals surface area contributed by atoms with Gasteiger partial charge in [-0.2, -0.15) is 9.97 Å². The molecule has 0 aliphatic carbocycles. The minimum atomic E-state index is 0.497. The van der Waals surface area contributed by atoms with Crippen LogP contribution in [0.1, 0.15) is 57.4 Å². The zero-order valence-corrected chi connectivity index (χ0v) is 21.1. The summed E-state index contributed by atoms with van der Waals surface area (Å²) in [5.74, 6) is 2.59. The van der Waals surface area contributed by atoms with E-state index in [1.807, 2.05) is 0 Å². The van der Waals surface area contributed by atoms with Gasteiger partial charge in [-0.25, -0.2) is 0 Å². The average molecular weight is 480 g/mol. The first-order valence-electron chi connectivity index (χ1n) is 13.0. The van der Waals surface area contributed by atoms with Gasteiger partial charge in [-0.15, -0.1) is 0 Å². The fourth-order valence-electron chi connectivity index (χ4n) is 5.30. The number of thiocarbonyl (C=S) groups is 1. The summed E-state index contributed by atoms with van der Waals surface area (Å²) in [7, 11) is 0. The maximum absolute atomic E-state index is 5.61. The first-order valence-corrected chi connectivity index (χ1v) is 13.4. The molecule has 8 heteroatoms. The van der Waals surface area contributed by atoms with Gasteiger partial charge < -0.3 is 25.3 Å². The highest BCUT2D eigenvalue weighted by atomic mass is 32.1. The summed E-state index contributed by atoms with van der Waals surface area (Å²) >= 11 is 5.61. The van der Waals surface area contributed by atoms with Crippen LogP contribution in [0.5, 0.6) is 0 Å². The quantitative estimate of drug-likeness (QED) is 0.586. The molecule has 3 aliphatic heterocycles. The second-order valence-electron chi connectivity index (χ2n) is 9.81. The van der Waals surface area contributed by atoms with Crippen LogP contribution in [0.2, 0.25) is 0 Å². The zero-order valence-electron chi connectivity index (χ0n) is 20.3. The van der Waals surface area contributed by atoms with Crippen LogP contribution in [-0.2, 0) is 6.54 Å². The normalized spacial score (nSPS) is 20.6. The molecular weight excluding hydrogens is 442 g/mol. The van der Waals surface area contributed by atoms with Crippen molar-refractivity contribution in [2.24, 2.45) is 0 Å². The van der Waals surface area contributed by atoms with Gasteiger partial charge in [0.05, 0.1) is 0 Å². The number of benzene rings is 1. The third-order valence-corrected chi connectivity index (χ3v) is 7.56. The van der Waals surface area contributed by atoms with Crippen molar-refractivity contribution in [3.05, 3.63) is 35.9 Å². The molecule has 5 rings (SSSR count). The molecule has 1 unspecified atom stereocenters. The first kappa shape index (κ1) is 23.1. The summed E-state index contributed by atoms with van der Waals surface area (Å²) < 4.78 is 0. The summed E-state index contributed by atoms with van der Waals surface area (Å²) in [6.45, 7) is 8.47. The van der Waals surface area contributed by atoms with Gasteiger partial charge >= 0.3 is 0 Å². The molecule has 0 spiro atoms. The molecule has 3 saturated heterocycles. The highest BCUT2D eigenvalue weighted by Crippen LogP contribution is 2.28. The number of nitrogens with one attached hydrogen (secondary N) is 2. The number of hydrogen-bond donors (Lipinski definition) is 2. The SMILES string of the molecule is CC1CCCCN1c1cc(N2CCCC2)nc(NC(=S)NCc2ccc(N3CCCC3)cc2)n1. The van der Waals surface area contributed by atoms with Gasteiger partial charge in [0.15, 0.2) is 5.11 Å².